The van der Waals surface area contributed by atoms with E-state index in [1.54, 1.807) is 11.2 Å². The number of hydrogen-bond donors (Lipinski definition) is 3. The number of carbonyl (C=O) groups is 2. The molecule has 1 aromatic carbocycles. The molecule has 3 N–H and O–H groups in total. The maximum absolute atomic E-state index is 11.9. The van der Waals surface area contributed by atoms with E-state index < -0.39 is 22.0 Å². The van der Waals surface area contributed by atoms with Gasteiger partial charge < -0.3 is 15.2 Å². The lowest BCUT2D eigenvalue weighted by molar-refractivity contribution is -0.159. The van der Waals surface area contributed by atoms with Gasteiger partial charge in [-0.25, -0.2) is 18.0 Å². The zero-order chi connectivity index (χ0) is 20.0. The van der Waals surface area contributed by atoms with E-state index in [1.807, 2.05) is 12.1 Å². The molecule has 0 aliphatic carbocycles. The van der Waals surface area contributed by atoms with Crippen LogP contribution < -0.4 is 0 Å². The third-order valence-electron chi connectivity index (χ3n) is 4.34. The van der Waals surface area contributed by atoms with Crippen LogP contribution in [-0.2, 0) is 26.2 Å². The third-order valence-corrected chi connectivity index (χ3v) is 6.22. The first-order valence-corrected chi connectivity index (χ1v) is 10.1. The maximum Gasteiger partial charge on any atom is 0.414 e. The summed E-state index contributed by atoms with van der Waals surface area (Å²) in [7, 11) is -3.04. The van der Waals surface area contributed by atoms with E-state index in [4.69, 9.17) is 19.8 Å². The van der Waals surface area contributed by atoms with E-state index in [1.165, 1.54) is 10.9 Å². The molecule has 0 saturated carbocycles. The lowest BCUT2D eigenvalue weighted by Crippen LogP contribution is -2.48. The Balaban J connectivity index is 0.000000380. The Morgan fingerprint density at radius 1 is 1.07 bits per heavy atom. The number of aliphatic carboxylic acids is 2. The fraction of sp³-hybridized carbons (Fsp3) is 0.412. The minimum atomic E-state index is -3.04. The van der Waals surface area contributed by atoms with Crippen LogP contribution in [0.15, 0.2) is 30.5 Å². The maximum atomic E-state index is 11.9. The molecule has 27 heavy (non-hydrogen) atoms. The van der Waals surface area contributed by atoms with Crippen LogP contribution in [0.2, 0.25) is 0 Å². The molecular weight excluding hydrogens is 374 g/mol. The molecular formula is C17H23N3O6S. The third kappa shape index (κ3) is 5.52. The number of H-pyrrole nitrogens is 1. The summed E-state index contributed by atoms with van der Waals surface area (Å²) in [4.78, 5) is 23.8. The number of sulfonamides is 1. The van der Waals surface area contributed by atoms with Crippen molar-refractivity contribution in [2.75, 3.05) is 31.9 Å². The number of carboxylic acid groups (broad SMARTS) is 2. The first kappa shape index (κ1) is 20.9. The standard InChI is InChI=1S/C15H21N3O2S.C2H2O4/c1-2-21(19,20)18-9-7-17(8-10-18)12-13-11-16-15-6-4-3-5-14(13)15;3-1(4)2(5)6/h3-6,11,16H,2,7-10,12H2,1H3;(H,3,4)(H,5,6). The molecule has 0 atom stereocenters. The number of piperazine rings is 1. The Labute approximate surface area is 157 Å². The number of hydrogen-bond acceptors (Lipinski definition) is 5. The van der Waals surface area contributed by atoms with Gasteiger partial charge in [-0.05, 0) is 18.6 Å². The molecule has 2 aromatic rings. The Hall–Kier alpha value is -2.43. The lowest BCUT2D eigenvalue weighted by Gasteiger charge is -2.33. The summed E-state index contributed by atoms with van der Waals surface area (Å²) in [5, 5.41) is 16.0. The number of carboxylic acids is 2. The molecule has 0 bridgehead atoms. The summed E-state index contributed by atoms with van der Waals surface area (Å²) >= 11 is 0. The van der Waals surface area contributed by atoms with Crippen LogP contribution in [-0.4, -0.2) is 76.7 Å². The van der Waals surface area contributed by atoms with E-state index in [9.17, 15) is 8.42 Å². The number of para-hydroxylation sites is 1. The zero-order valence-corrected chi connectivity index (χ0v) is 15.8. The first-order valence-electron chi connectivity index (χ1n) is 8.46. The van der Waals surface area contributed by atoms with E-state index >= 15 is 0 Å². The average Bonchev–Trinajstić information content (AvgIpc) is 3.06. The Kier molecular flexibility index (Phi) is 6.94. The highest BCUT2D eigenvalue weighted by molar-refractivity contribution is 7.89. The highest BCUT2D eigenvalue weighted by Gasteiger charge is 2.25. The van der Waals surface area contributed by atoms with Crippen LogP contribution in [0.3, 0.4) is 0 Å². The number of aromatic nitrogens is 1. The van der Waals surface area contributed by atoms with Crippen molar-refractivity contribution in [3.8, 4) is 0 Å². The van der Waals surface area contributed by atoms with Crippen molar-refractivity contribution < 1.29 is 28.2 Å². The molecule has 9 nitrogen and oxygen atoms in total. The van der Waals surface area contributed by atoms with Gasteiger partial charge >= 0.3 is 11.9 Å². The molecule has 1 aliphatic heterocycles. The van der Waals surface area contributed by atoms with Crippen LogP contribution in [0.25, 0.3) is 10.9 Å². The van der Waals surface area contributed by atoms with Crippen molar-refractivity contribution in [2.45, 2.75) is 13.5 Å². The van der Waals surface area contributed by atoms with Crippen LogP contribution in [0.4, 0.5) is 0 Å². The molecule has 3 rings (SSSR count). The van der Waals surface area contributed by atoms with E-state index in [0.29, 0.717) is 13.1 Å². The van der Waals surface area contributed by atoms with Gasteiger partial charge in [0, 0.05) is 49.8 Å². The fourth-order valence-electron chi connectivity index (χ4n) is 2.85. The average molecular weight is 397 g/mol. The fourth-order valence-corrected chi connectivity index (χ4v) is 3.94. The van der Waals surface area contributed by atoms with Crippen molar-refractivity contribution in [1.29, 1.82) is 0 Å². The summed E-state index contributed by atoms with van der Waals surface area (Å²) in [5.41, 5.74) is 2.43. The predicted octanol–water partition coefficient (Wildman–Crippen LogP) is 0.791. The summed E-state index contributed by atoms with van der Waals surface area (Å²) in [5.74, 6) is -3.46. The summed E-state index contributed by atoms with van der Waals surface area (Å²) in [6.45, 7) is 5.34. The monoisotopic (exact) mass is 397 g/mol. The van der Waals surface area contributed by atoms with E-state index in [-0.39, 0.29) is 5.75 Å². The van der Waals surface area contributed by atoms with Crippen molar-refractivity contribution in [3.05, 3.63) is 36.0 Å². The Morgan fingerprint density at radius 3 is 2.22 bits per heavy atom. The topological polar surface area (TPSA) is 131 Å². The van der Waals surface area contributed by atoms with E-state index in [0.717, 1.165) is 25.2 Å². The highest BCUT2D eigenvalue weighted by Crippen LogP contribution is 2.20. The predicted molar refractivity (Wildman–Crippen MR) is 99.9 cm³/mol. The smallest absolute Gasteiger partial charge is 0.414 e. The number of fused-ring (bicyclic) bond motifs is 1. The van der Waals surface area contributed by atoms with Gasteiger partial charge in [0.1, 0.15) is 0 Å². The second-order valence-electron chi connectivity index (χ2n) is 6.05. The van der Waals surface area contributed by atoms with Crippen molar-refractivity contribution in [1.82, 2.24) is 14.2 Å². The molecule has 1 saturated heterocycles. The van der Waals surface area contributed by atoms with Crippen LogP contribution in [0.1, 0.15) is 12.5 Å². The first-order chi connectivity index (χ1) is 12.7. The zero-order valence-electron chi connectivity index (χ0n) is 15.0. The van der Waals surface area contributed by atoms with Crippen LogP contribution >= 0.6 is 0 Å². The van der Waals surface area contributed by atoms with Crippen LogP contribution in [0, 0.1) is 0 Å². The van der Waals surface area contributed by atoms with Gasteiger partial charge in [-0.15, -0.1) is 0 Å². The van der Waals surface area contributed by atoms with Crippen molar-refractivity contribution >= 4 is 32.9 Å². The van der Waals surface area contributed by atoms with Crippen molar-refractivity contribution in [3.63, 3.8) is 0 Å². The van der Waals surface area contributed by atoms with Crippen molar-refractivity contribution in [2.24, 2.45) is 0 Å². The Morgan fingerprint density at radius 2 is 1.67 bits per heavy atom. The van der Waals surface area contributed by atoms with E-state index in [2.05, 4.69) is 28.2 Å². The molecule has 1 aliphatic rings. The van der Waals surface area contributed by atoms with Gasteiger partial charge in [-0.1, -0.05) is 18.2 Å². The molecule has 0 radical (unpaired) electrons. The van der Waals surface area contributed by atoms with Gasteiger partial charge in [0.25, 0.3) is 0 Å². The molecule has 10 heteroatoms. The lowest BCUT2D eigenvalue weighted by atomic mass is 10.1. The molecule has 1 aromatic heterocycles. The number of nitrogens with one attached hydrogen (secondary N) is 1. The van der Waals surface area contributed by atoms with Gasteiger partial charge in [-0.3, -0.25) is 4.90 Å². The quantitative estimate of drug-likeness (QED) is 0.650. The van der Waals surface area contributed by atoms with Gasteiger partial charge in [-0.2, -0.15) is 4.31 Å². The molecule has 0 spiro atoms. The minimum absolute atomic E-state index is 0.190. The van der Waals surface area contributed by atoms with Gasteiger partial charge in [0.2, 0.25) is 10.0 Å². The number of aromatic amines is 1. The molecule has 0 unspecified atom stereocenters. The SMILES string of the molecule is CCS(=O)(=O)N1CCN(Cc2c[nH]c3ccccc23)CC1.O=C(O)C(=O)O. The molecule has 1 fully saturated rings. The minimum Gasteiger partial charge on any atom is -0.473 e. The second kappa shape index (κ2) is 8.98. The number of benzene rings is 1. The highest BCUT2D eigenvalue weighted by atomic mass is 32.2. The molecule has 148 valence electrons. The summed E-state index contributed by atoms with van der Waals surface area (Å²) in [6.07, 6.45) is 2.06. The van der Waals surface area contributed by atoms with Gasteiger partial charge in [0.15, 0.2) is 0 Å². The largest absolute Gasteiger partial charge is 0.473 e. The van der Waals surface area contributed by atoms with Crippen LogP contribution in [0.5, 0.6) is 0 Å². The summed E-state index contributed by atoms with van der Waals surface area (Å²) < 4.78 is 25.3. The normalized spacial score (nSPS) is 15.9. The van der Waals surface area contributed by atoms with Gasteiger partial charge in [0.05, 0.1) is 5.75 Å². The molecule has 0 amide bonds. The summed E-state index contributed by atoms with van der Waals surface area (Å²) in [6, 6.07) is 8.27. The molecule has 2 heterocycles. The Bertz CT molecular complexity index is 888. The second-order valence-corrected chi connectivity index (χ2v) is 8.30. The number of nitrogens with zero attached hydrogens (tertiary/aromatic N) is 2. The number of rotatable bonds is 4.